The molecule has 0 unspecified atom stereocenters. The number of methoxy groups -OCH3 is 1. The second kappa shape index (κ2) is 6.28. The van der Waals surface area contributed by atoms with E-state index >= 15 is 0 Å². The van der Waals surface area contributed by atoms with Crippen LogP contribution in [0.4, 0.5) is 0 Å². The molecule has 1 aromatic rings. The predicted octanol–water partition coefficient (Wildman–Crippen LogP) is 0.473. The second-order valence-electron chi connectivity index (χ2n) is 3.47. The summed E-state index contributed by atoms with van der Waals surface area (Å²) < 4.78 is 27.7. The van der Waals surface area contributed by atoms with E-state index in [4.69, 9.17) is 9.88 Å². The second-order valence-corrected chi connectivity index (χ2v) is 5.95. The monoisotopic (exact) mass is 336 g/mol. The average Bonchev–Trinajstić information content (AvgIpc) is 2.27. The van der Waals surface area contributed by atoms with E-state index in [1.54, 1.807) is 0 Å². The molecule has 100 valence electrons. The minimum absolute atomic E-state index is 0.117. The highest BCUT2D eigenvalue weighted by atomic mass is 79.9. The lowest BCUT2D eigenvalue weighted by Crippen LogP contribution is -2.27. The molecule has 18 heavy (non-hydrogen) atoms. The van der Waals surface area contributed by atoms with Crippen LogP contribution in [-0.2, 0) is 14.8 Å². The largest absolute Gasteiger partial charge is 0.383 e. The molecule has 0 aromatic heterocycles. The van der Waals surface area contributed by atoms with E-state index in [0.29, 0.717) is 17.6 Å². The van der Waals surface area contributed by atoms with Gasteiger partial charge in [-0.2, -0.15) is 0 Å². The van der Waals surface area contributed by atoms with Crippen LogP contribution >= 0.6 is 15.9 Å². The van der Waals surface area contributed by atoms with Gasteiger partial charge in [-0.1, -0.05) is 15.9 Å². The zero-order valence-electron chi connectivity index (χ0n) is 9.64. The van der Waals surface area contributed by atoms with Crippen molar-refractivity contribution >= 4 is 31.9 Å². The van der Waals surface area contributed by atoms with E-state index in [-0.39, 0.29) is 10.5 Å². The van der Waals surface area contributed by atoms with E-state index in [1.807, 2.05) is 0 Å². The lowest BCUT2D eigenvalue weighted by molar-refractivity contribution is 0.0937. The smallest absolute Gasteiger partial charge is 0.251 e. The van der Waals surface area contributed by atoms with Gasteiger partial charge in [0.05, 0.1) is 11.5 Å². The maximum atomic E-state index is 11.7. The molecule has 0 atom stereocenters. The molecule has 0 radical (unpaired) electrons. The molecule has 1 rings (SSSR count). The third kappa shape index (κ3) is 4.37. The SMILES string of the molecule is COCCNC(=O)c1cc(Br)cc(S(N)(=O)=O)c1. The summed E-state index contributed by atoms with van der Waals surface area (Å²) in [5, 5.41) is 7.60. The van der Waals surface area contributed by atoms with Crippen molar-refractivity contribution in [2.75, 3.05) is 20.3 Å². The van der Waals surface area contributed by atoms with Gasteiger partial charge in [0.15, 0.2) is 0 Å². The number of primary sulfonamides is 1. The number of rotatable bonds is 5. The summed E-state index contributed by atoms with van der Waals surface area (Å²) >= 11 is 3.13. The molecular formula is C10H13BrN2O4S. The molecule has 6 nitrogen and oxygen atoms in total. The van der Waals surface area contributed by atoms with Crippen LogP contribution in [0.5, 0.6) is 0 Å². The van der Waals surface area contributed by atoms with Crippen molar-refractivity contribution in [3.05, 3.63) is 28.2 Å². The van der Waals surface area contributed by atoms with Crippen LogP contribution in [0.15, 0.2) is 27.6 Å². The van der Waals surface area contributed by atoms with Gasteiger partial charge in [-0.3, -0.25) is 4.79 Å². The number of amides is 1. The average molecular weight is 337 g/mol. The van der Waals surface area contributed by atoms with Crippen molar-refractivity contribution in [1.82, 2.24) is 5.32 Å². The first kappa shape index (κ1) is 15.1. The lowest BCUT2D eigenvalue weighted by Gasteiger charge is -2.07. The van der Waals surface area contributed by atoms with Crippen LogP contribution in [0.2, 0.25) is 0 Å². The van der Waals surface area contributed by atoms with Gasteiger partial charge in [0.1, 0.15) is 0 Å². The van der Waals surface area contributed by atoms with Gasteiger partial charge in [-0.05, 0) is 18.2 Å². The van der Waals surface area contributed by atoms with Gasteiger partial charge < -0.3 is 10.1 Å². The number of ether oxygens (including phenoxy) is 1. The fourth-order valence-electron chi connectivity index (χ4n) is 1.23. The summed E-state index contributed by atoms with van der Waals surface area (Å²) in [4.78, 5) is 11.6. The Hall–Kier alpha value is -0.960. The highest BCUT2D eigenvalue weighted by Gasteiger charge is 2.13. The molecule has 0 aliphatic heterocycles. The van der Waals surface area contributed by atoms with Gasteiger partial charge in [0.2, 0.25) is 10.0 Å². The van der Waals surface area contributed by atoms with Gasteiger partial charge >= 0.3 is 0 Å². The van der Waals surface area contributed by atoms with Crippen molar-refractivity contribution in [1.29, 1.82) is 0 Å². The van der Waals surface area contributed by atoms with E-state index in [0.717, 1.165) is 0 Å². The van der Waals surface area contributed by atoms with Gasteiger partial charge in [-0.15, -0.1) is 0 Å². The van der Waals surface area contributed by atoms with E-state index in [1.165, 1.54) is 25.3 Å². The van der Waals surface area contributed by atoms with E-state index in [2.05, 4.69) is 21.2 Å². The molecule has 0 spiro atoms. The maximum Gasteiger partial charge on any atom is 0.251 e. The molecule has 0 heterocycles. The molecule has 1 amide bonds. The minimum Gasteiger partial charge on any atom is -0.383 e. The van der Waals surface area contributed by atoms with Crippen molar-refractivity contribution in [2.45, 2.75) is 4.90 Å². The zero-order chi connectivity index (χ0) is 13.8. The molecule has 0 aliphatic carbocycles. The molecule has 0 aliphatic rings. The number of hydrogen-bond donors (Lipinski definition) is 2. The maximum absolute atomic E-state index is 11.7. The summed E-state index contributed by atoms with van der Waals surface area (Å²) in [7, 11) is -2.32. The first-order valence-electron chi connectivity index (χ1n) is 4.95. The molecule has 0 saturated heterocycles. The van der Waals surface area contributed by atoms with Crippen molar-refractivity contribution in [3.63, 3.8) is 0 Å². The van der Waals surface area contributed by atoms with Crippen LogP contribution in [0.3, 0.4) is 0 Å². The van der Waals surface area contributed by atoms with Crippen LogP contribution in [0.1, 0.15) is 10.4 Å². The van der Waals surface area contributed by atoms with E-state index < -0.39 is 15.9 Å². The number of benzene rings is 1. The predicted molar refractivity (Wildman–Crippen MR) is 69.7 cm³/mol. The minimum atomic E-state index is -3.84. The van der Waals surface area contributed by atoms with Crippen molar-refractivity contribution in [3.8, 4) is 0 Å². The topological polar surface area (TPSA) is 98.5 Å². The summed E-state index contributed by atoms with van der Waals surface area (Å²) in [6.07, 6.45) is 0. The fourth-order valence-corrected chi connectivity index (χ4v) is 2.45. The molecule has 3 N–H and O–H groups in total. The van der Waals surface area contributed by atoms with Crippen LogP contribution in [0, 0.1) is 0 Å². The van der Waals surface area contributed by atoms with Crippen LogP contribution in [0.25, 0.3) is 0 Å². The van der Waals surface area contributed by atoms with Gasteiger partial charge in [-0.25, -0.2) is 13.6 Å². The molecule has 0 bridgehead atoms. The highest BCUT2D eigenvalue weighted by molar-refractivity contribution is 9.10. The third-order valence-corrected chi connectivity index (χ3v) is 3.40. The fraction of sp³-hybridized carbons (Fsp3) is 0.300. The summed E-state index contributed by atoms with van der Waals surface area (Å²) in [6.45, 7) is 0.717. The Morgan fingerprint density at radius 1 is 1.44 bits per heavy atom. The number of nitrogens with one attached hydrogen (secondary N) is 1. The van der Waals surface area contributed by atoms with E-state index in [9.17, 15) is 13.2 Å². The standard InChI is InChI=1S/C10H13BrN2O4S/c1-17-3-2-13-10(14)7-4-8(11)6-9(5-7)18(12,15)16/h4-6H,2-3H2,1H3,(H,13,14)(H2,12,15,16). The summed E-state index contributed by atoms with van der Waals surface area (Å²) in [5.41, 5.74) is 0.213. The molecule has 0 fully saturated rings. The normalized spacial score (nSPS) is 11.3. The summed E-state index contributed by atoms with van der Waals surface area (Å²) in [6, 6.07) is 4.07. The third-order valence-electron chi connectivity index (χ3n) is 2.05. The lowest BCUT2D eigenvalue weighted by atomic mass is 10.2. The Morgan fingerprint density at radius 2 is 2.11 bits per heavy atom. The van der Waals surface area contributed by atoms with Gasteiger partial charge in [0, 0.05) is 23.7 Å². The van der Waals surface area contributed by atoms with Crippen molar-refractivity contribution < 1.29 is 17.9 Å². The van der Waals surface area contributed by atoms with Crippen molar-refractivity contribution in [2.24, 2.45) is 5.14 Å². The molecule has 8 heteroatoms. The Balaban J connectivity index is 2.96. The summed E-state index contributed by atoms with van der Waals surface area (Å²) in [5.74, 6) is -0.391. The quantitative estimate of drug-likeness (QED) is 0.763. The zero-order valence-corrected chi connectivity index (χ0v) is 12.0. The number of carbonyl (C=O) groups excluding carboxylic acids is 1. The van der Waals surface area contributed by atoms with Crippen LogP contribution < -0.4 is 10.5 Å². The number of halogens is 1. The first-order valence-corrected chi connectivity index (χ1v) is 7.29. The number of carbonyl (C=O) groups is 1. The van der Waals surface area contributed by atoms with Crippen LogP contribution in [-0.4, -0.2) is 34.6 Å². The number of sulfonamides is 1. The number of hydrogen-bond acceptors (Lipinski definition) is 4. The Bertz CT molecular complexity index is 545. The number of nitrogens with two attached hydrogens (primary N) is 1. The Morgan fingerprint density at radius 3 is 2.67 bits per heavy atom. The molecular weight excluding hydrogens is 324 g/mol. The highest BCUT2D eigenvalue weighted by Crippen LogP contribution is 2.18. The Labute approximate surface area is 114 Å². The molecule has 1 aromatic carbocycles. The van der Waals surface area contributed by atoms with Gasteiger partial charge in [0.25, 0.3) is 5.91 Å². The Kier molecular flexibility index (Phi) is 5.27. The first-order chi connectivity index (χ1) is 8.34. The molecule has 0 saturated carbocycles.